The Hall–Kier alpha value is -2.80. The minimum absolute atomic E-state index is 0.0575. The summed E-state index contributed by atoms with van der Waals surface area (Å²) in [5.41, 5.74) is 2.69. The molecule has 4 rings (SSSR count). The van der Waals surface area contributed by atoms with Crippen LogP contribution in [0.3, 0.4) is 0 Å². The van der Waals surface area contributed by atoms with Gasteiger partial charge in [0, 0.05) is 18.5 Å². The Balaban J connectivity index is 1.57. The highest BCUT2D eigenvalue weighted by Gasteiger charge is 2.36. The molecule has 0 aliphatic carbocycles. The molecule has 1 amide bonds. The third-order valence-electron chi connectivity index (χ3n) is 4.80. The second-order valence-corrected chi connectivity index (χ2v) is 7.46. The second-order valence-electron chi connectivity index (χ2n) is 6.61. The Morgan fingerprint density at radius 1 is 1.29 bits per heavy atom. The van der Waals surface area contributed by atoms with Gasteiger partial charge in [-0.2, -0.15) is 4.98 Å². The number of hydrogen-bond acceptors (Lipinski definition) is 4. The summed E-state index contributed by atoms with van der Waals surface area (Å²) in [6.07, 6.45) is 2.84. The Morgan fingerprint density at radius 2 is 2.07 bits per heavy atom. The number of carbonyl (C=O) groups excluding carboxylic acids is 1. The fraction of sp³-hybridized carbons (Fsp3) is 0.190. The fourth-order valence-electron chi connectivity index (χ4n) is 3.27. The molecular formula is C21H17BrFN3O2. The van der Waals surface area contributed by atoms with Crippen LogP contribution in [0.15, 0.2) is 58.0 Å². The molecular weight excluding hydrogens is 425 g/mol. The van der Waals surface area contributed by atoms with Gasteiger partial charge in [-0.3, -0.25) is 4.79 Å². The van der Waals surface area contributed by atoms with Gasteiger partial charge in [-0.15, -0.1) is 0 Å². The number of likely N-dealkylation sites (tertiary alicyclic amines) is 1. The van der Waals surface area contributed by atoms with Crippen molar-refractivity contribution in [2.75, 3.05) is 0 Å². The smallest absolute Gasteiger partial charge is 0.249 e. The van der Waals surface area contributed by atoms with Gasteiger partial charge < -0.3 is 9.42 Å². The molecule has 0 saturated carbocycles. The van der Waals surface area contributed by atoms with Crippen LogP contribution in [0.2, 0.25) is 0 Å². The van der Waals surface area contributed by atoms with Crippen LogP contribution in [-0.4, -0.2) is 20.9 Å². The number of aromatic nitrogens is 2. The number of halogens is 2. The summed E-state index contributed by atoms with van der Waals surface area (Å²) < 4.78 is 19.2. The molecule has 1 saturated heterocycles. The Morgan fingerprint density at radius 3 is 2.79 bits per heavy atom. The normalized spacial score (nSPS) is 16.6. The van der Waals surface area contributed by atoms with Gasteiger partial charge in [0.15, 0.2) is 0 Å². The van der Waals surface area contributed by atoms with Crippen molar-refractivity contribution in [3.63, 3.8) is 0 Å². The largest absolute Gasteiger partial charge is 0.337 e. The molecule has 7 heteroatoms. The van der Waals surface area contributed by atoms with Crippen molar-refractivity contribution in [3.05, 3.63) is 76.4 Å². The van der Waals surface area contributed by atoms with Crippen LogP contribution >= 0.6 is 15.9 Å². The molecule has 0 bridgehead atoms. The first kappa shape index (κ1) is 18.6. The van der Waals surface area contributed by atoms with Crippen LogP contribution in [0.1, 0.15) is 35.9 Å². The maximum absolute atomic E-state index is 13.5. The van der Waals surface area contributed by atoms with Gasteiger partial charge in [0.05, 0.1) is 4.47 Å². The molecule has 1 atom stereocenters. The molecule has 1 unspecified atom stereocenters. The predicted molar refractivity (Wildman–Crippen MR) is 106 cm³/mol. The summed E-state index contributed by atoms with van der Waals surface area (Å²) >= 11 is 3.16. The predicted octanol–water partition coefficient (Wildman–Crippen LogP) is 5.14. The van der Waals surface area contributed by atoms with Crippen molar-refractivity contribution < 1.29 is 13.7 Å². The standard InChI is InChI=1S/C21H17BrFN3O2/c1-2-13-3-5-14(6-4-13)12-26-18(9-10-19(26)27)21-24-20(25-28-21)15-7-8-17(23)16(22)11-15/h2-8,11,18H,1,9-10,12H2. The van der Waals surface area contributed by atoms with E-state index in [0.29, 0.717) is 41.1 Å². The highest BCUT2D eigenvalue weighted by molar-refractivity contribution is 9.10. The molecule has 2 heterocycles. The molecule has 1 aromatic heterocycles. The molecule has 1 fully saturated rings. The van der Waals surface area contributed by atoms with Crippen molar-refractivity contribution in [3.8, 4) is 11.4 Å². The van der Waals surface area contributed by atoms with Gasteiger partial charge in [-0.25, -0.2) is 4.39 Å². The van der Waals surface area contributed by atoms with Crippen LogP contribution in [0, 0.1) is 5.82 Å². The minimum atomic E-state index is -0.359. The summed E-state index contributed by atoms with van der Waals surface area (Å²) in [4.78, 5) is 18.6. The first-order valence-corrected chi connectivity index (χ1v) is 9.64. The van der Waals surface area contributed by atoms with Gasteiger partial charge in [0.2, 0.25) is 17.6 Å². The number of amides is 1. The summed E-state index contributed by atoms with van der Waals surface area (Å²) in [6.45, 7) is 4.22. The third kappa shape index (κ3) is 3.62. The van der Waals surface area contributed by atoms with E-state index in [2.05, 4.69) is 32.6 Å². The third-order valence-corrected chi connectivity index (χ3v) is 5.41. The molecule has 0 N–H and O–H groups in total. The van der Waals surface area contributed by atoms with Crippen molar-refractivity contribution in [1.29, 1.82) is 0 Å². The summed E-state index contributed by atoms with van der Waals surface area (Å²) in [5.74, 6) is 0.457. The number of benzene rings is 2. The molecule has 1 aliphatic rings. The first-order chi connectivity index (χ1) is 13.5. The molecule has 5 nitrogen and oxygen atoms in total. The highest BCUT2D eigenvalue weighted by atomic mass is 79.9. The van der Waals surface area contributed by atoms with Crippen LogP contribution in [-0.2, 0) is 11.3 Å². The van der Waals surface area contributed by atoms with E-state index in [9.17, 15) is 9.18 Å². The molecule has 2 aromatic carbocycles. The van der Waals surface area contributed by atoms with E-state index >= 15 is 0 Å². The van der Waals surface area contributed by atoms with Crippen molar-refractivity contribution in [2.24, 2.45) is 0 Å². The summed E-state index contributed by atoms with van der Waals surface area (Å²) in [7, 11) is 0. The van der Waals surface area contributed by atoms with Crippen LogP contribution in [0.5, 0.6) is 0 Å². The van der Waals surface area contributed by atoms with Crippen molar-refractivity contribution in [2.45, 2.75) is 25.4 Å². The molecule has 142 valence electrons. The number of nitrogens with zero attached hydrogens (tertiary/aromatic N) is 3. The average molecular weight is 442 g/mol. The lowest BCUT2D eigenvalue weighted by Gasteiger charge is -2.22. The van der Waals surface area contributed by atoms with Gasteiger partial charge >= 0.3 is 0 Å². The van der Waals surface area contributed by atoms with E-state index in [1.165, 1.54) is 6.07 Å². The highest BCUT2D eigenvalue weighted by Crippen LogP contribution is 2.34. The topological polar surface area (TPSA) is 59.2 Å². The van der Waals surface area contributed by atoms with E-state index in [0.717, 1.165) is 11.1 Å². The number of rotatable bonds is 5. The van der Waals surface area contributed by atoms with E-state index in [1.54, 1.807) is 23.1 Å². The Kier molecular flexibility index (Phi) is 5.09. The van der Waals surface area contributed by atoms with Crippen LogP contribution in [0.4, 0.5) is 4.39 Å². The summed E-state index contributed by atoms with van der Waals surface area (Å²) in [5, 5.41) is 4.01. The monoisotopic (exact) mass is 441 g/mol. The quantitative estimate of drug-likeness (QED) is 0.549. The van der Waals surface area contributed by atoms with Gasteiger partial charge in [-0.1, -0.05) is 42.1 Å². The van der Waals surface area contributed by atoms with Crippen LogP contribution in [0.25, 0.3) is 17.5 Å². The fourth-order valence-corrected chi connectivity index (χ4v) is 3.65. The zero-order chi connectivity index (χ0) is 19.7. The van der Waals surface area contributed by atoms with E-state index in [-0.39, 0.29) is 17.8 Å². The van der Waals surface area contributed by atoms with Crippen molar-refractivity contribution in [1.82, 2.24) is 15.0 Å². The zero-order valence-corrected chi connectivity index (χ0v) is 16.5. The van der Waals surface area contributed by atoms with E-state index < -0.39 is 0 Å². The van der Waals surface area contributed by atoms with Crippen LogP contribution < -0.4 is 0 Å². The lowest BCUT2D eigenvalue weighted by atomic mass is 10.1. The maximum Gasteiger partial charge on any atom is 0.249 e. The lowest BCUT2D eigenvalue weighted by molar-refractivity contribution is -0.129. The maximum atomic E-state index is 13.5. The molecule has 3 aromatic rings. The first-order valence-electron chi connectivity index (χ1n) is 8.85. The average Bonchev–Trinajstić information content (AvgIpc) is 3.32. The molecule has 0 spiro atoms. The SMILES string of the molecule is C=Cc1ccc(CN2C(=O)CCC2c2nc(-c3ccc(F)c(Br)c3)no2)cc1. The van der Waals surface area contributed by atoms with Gasteiger partial charge in [0.1, 0.15) is 11.9 Å². The van der Waals surface area contributed by atoms with Crippen molar-refractivity contribution >= 4 is 27.9 Å². The number of carbonyl (C=O) groups is 1. The minimum Gasteiger partial charge on any atom is -0.337 e. The Bertz CT molecular complexity index is 1030. The van der Waals surface area contributed by atoms with E-state index in [4.69, 9.17) is 4.52 Å². The molecule has 1 aliphatic heterocycles. The molecule has 28 heavy (non-hydrogen) atoms. The summed E-state index contributed by atoms with van der Waals surface area (Å²) in [6, 6.07) is 12.2. The zero-order valence-electron chi connectivity index (χ0n) is 14.9. The van der Waals surface area contributed by atoms with E-state index in [1.807, 2.05) is 24.3 Å². The molecule has 0 radical (unpaired) electrons. The van der Waals surface area contributed by atoms with Gasteiger partial charge in [-0.05, 0) is 51.7 Å². The Labute approximate surface area is 170 Å². The number of hydrogen-bond donors (Lipinski definition) is 0. The van der Waals surface area contributed by atoms with Gasteiger partial charge in [0.25, 0.3) is 0 Å². The second kappa shape index (κ2) is 7.67. The lowest BCUT2D eigenvalue weighted by Crippen LogP contribution is -2.27.